The van der Waals surface area contributed by atoms with Crippen molar-refractivity contribution in [3.05, 3.63) is 65.7 Å². The van der Waals surface area contributed by atoms with Crippen LogP contribution in [0.1, 0.15) is 17.0 Å². The Hall–Kier alpha value is -1.87. The molecule has 0 aliphatic heterocycles. The van der Waals surface area contributed by atoms with Crippen molar-refractivity contribution in [2.45, 2.75) is 12.8 Å². The molecule has 0 aliphatic rings. The minimum Gasteiger partial charge on any atom is -0.393 e. The summed E-state index contributed by atoms with van der Waals surface area (Å²) in [5.41, 5.74) is 9.52. The zero-order chi connectivity index (χ0) is 14.5. The van der Waals surface area contributed by atoms with Crippen LogP contribution in [-0.2, 0) is 0 Å². The van der Waals surface area contributed by atoms with Gasteiger partial charge in [0, 0.05) is 19.3 Å². The highest BCUT2D eigenvalue weighted by atomic mass is 32.1. The quantitative estimate of drug-likeness (QED) is 0.852. The van der Waals surface area contributed by atoms with Crippen LogP contribution in [0, 0.1) is 6.92 Å². The van der Waals surface area contributed by atoms with Crippen molar-refractivity contribution in [1.82, 2.24) is 0 Å². The van der Waals surface area contributed by atoms with Crippen molar-refractivity contribution in [2.75, 3.05) is 18.5 Å². The first kappa shape index (κ1) is 14.5. The van der Waals surface area contributed by atoms with Gasteiger partial charge in [0.25, 0.3) is 0 Å². The molecule has 1 unspecified atom stereocenters. The number of nitrogens with two attached hydrogens (primary N) is 1. The number of nitrogens with zero attached hydrogens (tertiary/aromatic N) is 1. The summed E-state index contributed by atoms with van der Waals surface area (Å²) in [7, 11) is 2.07. The van der Waals surface area contributed by atoms with Gasteiger partial charge in [-0.1, -0.05) is 60.2 Å². The first-order chi connectivity index (χ1) is 9.58. The van der Waals surface area contributed by atoms with E-state index in [4.69, 9.17) is 18.0 Å². The Kier molecular flexibility index (Phi) is 4.74. The Morgan fingerprint density at radius 1 is 1.10 bits per heavy atom. The van der Waals surface area contributed by atoms with E-state index in [9.17, 15) is 0 Å². The number of hydrogen-bond acceptors (Lipinski definition) is 2. The van der Waals surface area contributed by atoms with Gasteiger partial charge in [-0.15, -0.1) is 0 Å². The average molecular weight is 284 g/mol. The molecule has 0 aliphatic carbocycles. The lowest BCUT2D eigenvalue weighted by Gasteiger charge is -2.25. The van der Waals surface area contributed by atoms with Crippen LogP contribution < -0.4 is 10.6 Å². The van der Waals surface area contributed by atoms with Crippen LogP contribution in [0.15, 0.2) is 54.6 Å². The molecule has 104 valence electrons. The van der Waals surface area contributed by atoms with Gasteiger partial charge in [-0.05, 0) is 24.6 Å². The summed E-state index contributed by atoms with van der Waals surface area (Å²) in [5.74, 6) is 0.0671. The smallest absolute Gasteiger partial charge is 0.0821 e. The van der Waals surface area contributed by atoms with E-state index in [1.165, 1.54) is 16.8 Å². The van der Waals surface area contributed by atoms with Gasteiger partial charge in [0.05, 0.1) is 10.9 Å². The predicted molar refractivity (Wildman–Crippen MR) is 90.4 cm³/mol. The van der Waals surface area contributed by atoms with Crippen molar-refractivity contribution in [2.24, 2.45) is 5.73 Å². The second-order valence-electron chi connectivity index (χ2n) is 5.08. The van der Waals surface area contributed by atoms with Crippen LogP contribution in [0.25, 0.3) is 0 Å². The Morgan fingerprint density at radius 2 is 1.70 bits per heavy atom. The summed E-state index contributed by atoms with van der Waals surface area (Å²) in [6, 6.07) is 18.7. The van der Waals surface area contributed by atoms with Crippen molar-refractivity contribution in [3.8, 4) is 0 Å². The van der Waals surface area contributed by atoms with E-state index < -0.39 is 0 Å². The zero-order valence-corrected chi connectivity index (χ0v) is 12.7. The Bertz CT molecular complexity index is 563. The monoisotopic (exact) mass is 284 g/mol. The maximum Gasteiger partial charge on any atom is 0.0821 e. The van der Waals surface area contributed by atoms with E-state index in [0.29, 0.717) is 4.99 Å². The number of aryl methyl sites for hydroxylation is 1. The van der Waals surface area contributed by atoms with Crippen LogP contribution in [0.3, 0.4) is 0 Å². The van der Waals surface area contributed by atoms with E-state index >= 15 is 0 Å². The topological polar surface area (TPSA) is 29.3 Å². The predicted octanol–water partition coefficient (Wildman–Crippen LogP) is 3.50. The molecule has 20 heavy (non-hydrogen) atoms. The molecule has 0 spiro atoms. The molecule has 2 nitrogen and oxygen atoms in total. The third-order valence-electron chi connectivity index (χ3n) is 3.48. The molecule has 0 saturated heterocycles. The van der Waals surface area contributed by atoms with E-state index in [-0.39, 0.29) is 5.92 Å². The Balaban J connectivity index is 2.16. The Morgan fingerprint density at radius 3 is 2.25 bits per heavy atom. The second kappa shape index (κ2) is 6.53. The summed E-state index contributed by atoms with van der Waals surface area (Å²) < 4.78 is 0. The average Bonchev–Trinajstić information content (AvgIpc) is 2.46. The van der Waals surface area contributed by atoms with Gasteiger partial charge in [-0.25, -0.2) is 0 Å². The maximum atomic E-state index is 5.92. The molecular formula is C17H20N2S. The van der Waals surface area contributed by atoms with Crippen molar-refractivity contribution < 1.29 is 0 Å². The van der Waals surface area contributed by atoms with Gasteiger partial charge in [0.2, 0.25) is 0 Å². The fourth-order valence-corrected chi connectivity index (χ4v) is 2.43. The number of benzene rings is 2. The van der Waals surface area contributed by atoms with Crippen molar-refractivity contribution in [1.29, 1.82) is 0 Å². The minimum absolute atomic E-state index is 0.0671. The van der Waals surface area contributed by atoms with Gasteiger partial charge in [-0.3, -0.25) is 0 Å². The van der Waals surface area contributed by atoms with Crippen LogP contribution in [0.2, 0.25) is 0 Å². The normalized spacial score (nSPS) is 11.9. The third kappa shape index (κ3) is 3.58. The lowest BCUT2D eigenvalue weighted by molar-refractivity contribution is 0.825. The van der Waals surface area contributed by atoms with Crippen LogP contribution in [0.4, 0.5) is 5.69 Å². The van der Waals surface area contributed by atoms with Crippen LogP contribution in [-0.4, -0.2) is 18.6 Å². The molecule has 2 rings (SSSR count). The fraction of sp³-hybridized carbons (Fsp3) is 0.235. The van der Waals surface area contributed by atoms with Gasteiger partial charge < -0.3 is 10.6 Å². The van der Waals surface area contributed by atoms with Gasteiger partial charge in [-0.2, -0.15) is 0 Å². The summed E-state index contributed by atoms with van der Waals surface area (Å²) in [6.45, 7) is 2.87. The molecule has 0 heterocycles. The van der Waals surface area contributed by atoms with E-state index in [1.54, 1.807) is 0 Å². The SMILES string of the molecule is Cc1ccc(N(C)CC(C(N)=S)c2ccccc2)cc1. The molecular weight excluding hydrogens is 264 g/mol. The molecule has 0 aromatic heterocycles. The Labute approximate surface area is 126 Å². The maximum absolute atomic E-state index is 5.92. The molecule has 2 aromatic rings. The van der Waals surface area contributed by atoms with Gasteiger partial charge in [0.1, 0.15) is 0 Å². The van der Waals surface area contributed by atoms with E-state index in [1.807, 2.05) is 18.2 Å². The number of likely N-dealkylation sites (N-methyl/N-ethyl adjacent to an activating group) is 1. The molecule has 0 amide bonds. The molecule has 0 saturated carbocycles. The summed E-state index contributed by atoms with van der Waals surface area (Å²) in [4.78, 5) is 2.73. The second-order valence-corrected chi connectivity index (χ2v) is 5.55. The number of hydrogen-bond donors (Lipinski definition) is 1. The lowest BCUT2D eigenvalue weighted by atomic mass is 9.98. The fourth-order valence-electron chi connectivity index (χ4n) is 2.22. The summed E-state index contributed by atoms with van der Waals surface area (Å²) >= 11 is 5.24. The van der Waals surface area contributed by atoms with Crippen LogP contribution in [0.5, 0.6) is 0 Å². The molecule has 3 heteroatoms. The molecule has 0 radical (unpaired) electrons. The molecule has 1 atom stereocenters. The highest BCUT2D eigenvalue weighted by Gasteiger charge is 2.17. The van der Waals surface area contributed by atoms with Crippen molar-refractivity contribution >= 4 is 22.9 Å². The molecule has 2 aromatic carbocycles. The lowest BCUT2D eigenvalue weighted by Crippen LogP contribution is -2.31. The molecule has 0 fully saturated rings. The molecule has 2 N–H and O–H groups in total. The van der Waals surface area contributed by atoms with E-state index in [2.05, 4.69) is 55.3 Å². The first-order valence-electron chi connectivity index (χ1n) is 6.70. The zero-order valence-electron chi connectivity index (χ0n) is 11.9. The number of rotatable bonds is 5. The van der Waals surface area contributed by atoms with Crippen molar-refractivity contribution in [3.63, 3.8) is 0 Å². The minimum atomic E-state index is 0.0671. The number of anilines is 1. The van der Waals surface area contributed by atoms with E-state index in [0.717, 1.165) is 6.54 Å². The van der Waals surface area contributed by atoms with Gasteiger partial charge in [0.15, 0.2) is 0 Å². The highest BCUT2D eigenvalue weighted by molar-refractivity contribution is 7.80. The standard InChI is InChI=1S/C17H20N2S/c1-13-8-10-15(11-9-13)19(2)12-16(17(18)20)14-6-4-3-5-7-14/h3-11,16H,12H2,1-2H3,(H2,18,20). The highest BCUT2D eigenvalue weighted by Crippen LogP contribution is 2.21. The first-order valence-corrected chi connectivity index (χ1v) is 7.11. The third-order valence-corrected chi connectivity index (χ3v) is 3.76. The largest absolute Gasteiger partial charge is 0.393 e. The van der Waals surface area contributed by atoms with Gasteiger partial charge >= 0.3 is 0 Å². The number of thiocarbonyl (C=S) groups is 1. The van der Waals surface area contributed by atoms with Crippen LogP contribution >= 0.6 is 12.2 Å². The summed E-state index contributed by atoms with van der Waals surface area (Å²) in [6.07, 6.45) is 0. The summed E-state index contributed by atoms with van der Waals surface area (Å²) in [5, 5.41) is 0. The molecule has 0 bridgehead atoms.